The zero-order valence-corrected chi connectivity index (χ0v) is 29.6. The number of nitrogens with one attached hydrogen (secondary N) is 1. The Morgan fingerprint density at radius 1 is 1.04 bits per heavy atom. The maximum atomic E-state index is 13.9. The molecule has 4 atom stereocenters. The van der Waals surface area contributed by atoms with Crippen molar-refractivity contribution in [2.75, 3.05) is 23.9 Å². The summed E-state index contributed by atoms with van der Waals surface area (Å²) in [6.07, 6.45) is -2.74. The van der Waals surface area contributed by atoms with Gasteiger partial charge in [0.2, 0.25) is 11.9 Å². The number of anilines is 3. The van der Waals surface area contributed by atoms with Crippen molar-refractivity contribution in [1.29, 1.82) is 0 Å². The van der Waals surface area contributed by atoms with Crippen molar-refractivity contribution in [2.24, 2.45) is 5.92 Å². The van der Waals surface area contributed by atoms with Crippen molar-refractivity contribution in [3.8, 4) is 5.88 Å². The number of hydrogen-bond acceptors (Lipinski definition) is 10. The predicted octanol–water partition coefficient (Wildman–Crippen LogP) is 6.05. The van der Waals surface area contributed by atoms with Crippen molar-refractivity contribution in [2.45, 2.75) is 77.3 Å². The van der Waals surface area contributed by atoms with Gasteiger partial charge in [-0.05, 0) is 42.4 Å². The lowest BCUT2D eigenvalue weighted by Gasteiger charge is -2.37. The van der Waals surface area contributed by atoms with E-state index in [0.29, 0.717) is 11.4 Å². The average molecular weight is 677 g/mol. The molecular formula is C34H44N6O7Si. The van der Waals surface area contributed by atoms with E-state index >= 15 is 0 Å². The van der Waals surface area contributed by atoms with Crippen LogP contribution in [0.15, 0.2) is 67.0 Å². The van der Waals surface area contributed by atoms with Crippen LogP contribution >= 0.6 is 0 Å². The maximum absolute atomic E-state index is 13.9. The lowest BCUT2D eigenvalue weighted by Crippen LogP contribution is -2.45. The normalized spacial score (nSPS) is 19.9. The number of imidazole rings is 1. The van der Waals surface area contributed by atoms with Gasteiger partial charge in [-0.2, -0.15) is 9.97 Å². The molecular weight excluding hydrogens is 632 g/mol. The molecule has 2 aromatic carbocycles. The van der Waals surface area contributed by atoms with Crippen molar-refractivity contribution in [3.05, 3.63) is 67.0 Å². The minimum atomic E-state index is -2.13. The molecule has 0 bridgehead atoms. The van der Waals surface area contributed by atoms with Gasteiger partial charge < -0.3 is 23.7 Å². The summed E-state index contributed by atoms with van der Waals surface area (Å²) < 4.78 is 25.9. The summed E-state index contributed by atoms with van der Waals surface area (Å²) >= 11 is 0. The molecule has 2 aromatic heterocycles. The first kappa shape index (κ1) is 35.1. The van der Waals surface area contributed by atoms with Gasteiger partial charge in [-0.3, -0.25) is 14.7 Å². The van der Waals surface area contributed by atoms with Crippen molar-refractivity contribution in [3.63, 3.8) is 0 Å². The largest absolute Gasteiger partial charge is 0.425 e. The minimum absolute atomic E-state index is 0.0229. The van der Waals surface area contributed by atoms with Crippen molar-refractivity contribution >= 4 is 48.8 Å². The highest BCUT2D eigenvalue weighted by molar-refractivity contribution is 6.74. The van der Waals surface area contributed by atoms with E-state index in [4.69, 9.17) is 18.6 Å². The first-order valence-corrected chi connectivity index (χ1v) is 18.8. The second-order valence-corrected chi connectivity index (χ2v) is 18.3. The number of para-hydroxylation sites is 2. The topological polar surface area (TPSA) is 150 Å². The lowest BCUT2D eigenvalue weighted by molar-refractivity contribution is -0.118. The van der Waals surface area contributed by atoms with Gasteiger partial charge in [0.15, 0.2) is 25.7 Å². The summed E-state index contributed by atoms with van der Waals surface area (Å²) in [4.78, 5) is 41.4. The Morgan fingerprint density at radius 3 is 2.19 bits per heavy atom. The number of rotatable bonds is 10. The fourth-order valence-corrected chi connectivity index (χ4v) is 6.00. The molecule has 256 valence electrons. The molecule has 0 spiro atoms. The molecule has 5 rings (SSSR count). The third kappa shape index (κ3) is 7.27. The summed E-state index contributed by atoms with van der Waals surface area (Å²) in [5, 5.41) is 14.1. The summed E-state index contributed by atoms with van der Waals surface area (Å²) in [5.74, 6) is -1.01. The van der Waals surface area contributed by atoms with Gasteiger partial charge in [-0.1, -0.05) is 71.0 Å². The Labute approximate surface area is 281 Å². The molecule has 2 amide bonds. The molecule has 1 fully saturated rings. The standard InChI is InChI=1S/C34H44N6O7Si/c1-21(2)29(42)37-32-36-28-25(30(38-32)47-33(43)40(22-15-11-9-12-16-22)23-17-13-10-14-18-23)35-20-39(28)31-26(41)27(44-6)24(46-31)19-45-48(7,8)34(3,4)5/h9-18,20-21,24,26-27,31,41H,19H2,1-8H3,(H,36,37,38,42). The summed E-state index contributed by atoms with van der Waals surface area (Å²) in [6.45, 7) is 14.4. The van der Waals surface area contributed by atoms with Gasteiger partial charge in [-0.15, -0.1) is 0 Å². The monoisotopic (exact) mass is 676 g/mol. The number of hydrogen-bond donors (Lipinski definition) is 2. The molecule has 4 aromatic rings. The molecule has 1 saturated heterocycles. The fourth-order valence-electron chi connectivity index (χ4n) is 4.98. The third-order valence-corrected chi connectivity index (χ3v) is 13.3. The summed E-state index contributed by atoms with van der Waals surface area (Å²) in [5.41, 5.74) is 1.43. The van der Waals surface area contributed by atoms with E-state index in [2.05, 4.69) is 54.1 Å². The molecule has 48 heavy (non-hydrogen) atoms. The van der Waals surface area contributed by atoms with Crippen LogP contribution in [0.25, 0.3) is 11.2 Å². The first-order valence-electron chi connectivity index (χ1n) is 15.9. The van der Waals surface area contributed by atoms with E-state index in [9.17, 15) is 14.7 Å². The highest BCUT2D eigenvalue weighted by Crippen LogP contribution is 2.39. The van der Waals surface area contributed by atoms with Gasteiger partial charge >= 0.3 is 6.09 Å². The number of methoxy groups -OCH3 is 1. The van der Waals surface area contributed by atoms with Crippen molar-refractivity contribution in [1.82, 2.24) is 19.5 Å². The van der Waals surface area contributed by atoms with Crippen LogP contribution in [0.3, 0.4) is 0 Å². The molecule has 0 aliphatic carbocycles. The average Bonchev–Trinajstić information content (AvgIpc) is 3.60. The quantitative estimate of drug-likeness (QED) is 0.190. The van der Waals surface area contributed by atoms with Crippen LogP contribution in [0.5, 0.6) is 5.88 Å². The Morgan fingerprint density at radius 2 is 1.65 bits per heavy atom. The molecule has 1 aliphatic heterocycles. The number of aliphatic hydroxyl groups is 1. The maximum Gasteiger partial charge on any atom is 0.425 e. The van der Waals surface area contributed by atoms with E-state index in [1.165, 1.54) is 22.9 Å². The number of aliphatic hydroxyl groups excluding tert-OH is 1. The van der Waals surface area contributed by atoms with Crippen LogP contribution in [0.4, 0.5) is 22.1 Å². The third-order valence-electron chi connectivity index (χ3n) is 8.81. The molecule has 0 radical (unpaired) electrons. The van der Waals surface area contributed by atoms with E-state index < -0.39 is 39.0 Å². The number of aromatic nitrogens is 4. The number of carbonyl (C=O) groups is 2. The summed E-state index contributed by atoms with van der Waals surface area (Å²) in [7, 11) is -0.623. The highest BCUT2D eigenvalue weighted by atomic mass is 28.4. The first-order chi connectivity index (χ1) is 22.7. The number of carbonyl (C=O) groups excluding carboxylic acids is 2. The Hall–Kier alpha value is -4.21. The van der Waals surface area contributed by atoms with Gasteiger partial charge in [0.1, 0.15) is 18.3 Å². The van der Waals surface area contributed by atoms with Crippen LogP contribution in [-0.4, -0.2) is 77.0 Å². The van der Waals surface area contributed by atoms with E-state index in [1.54, 1.807) is 38.1 Å². The second kappa shape index (κ2) is 14.1. The fraction of sp³-hybridized carbons (Fsp3) is 0.441. The summed E-state index contributed by atoms with van der Waals surface area (Å²) in [6, 6.07) is 18.1. The minimum Gasteiger partial charge on any atom is -0.414 e. The number of ether oxygens (including phenoxy) is 3. The Balaban J connectivity index is 1.52. The Kier molecular flexibility index (Phi) is 10.3. The zero-order valence-electron chi connectivity index (χ0n) is 28.6. The van der Waals surface area contributed by atoms with E-state index in [0.717, 1.165) is 0 Å². The van der Waals surface area contributed by atoms with Gasteiger partial charge in [0, 0.05) is 13.0 Å². The zero-order chi connectivity index (χ0) is 34.8. The molecule has 4 unspecified atom stereocenters. The lowest BCUT2D eigenvalue weighted by atomic mass is 10.1. The number of benzene rings is 2. The van der Waals surface area contributed by atoms with Gasteiger partial charge in [0.25, 0.3) is 5.88 Å². The number of amides is 2. The number of fused-ring (bicyclic) bond motifs is 1. The van der Waals surface area contributed by atoms with Gasteiger partial charge in [-0.25, -0.2) is 14.7 Å². The number of nitrogens with zero attached hydrogens (tertiary/aromatic N) is 5. The van der Waals surface area contributed by atoms with Crippen molar-refractivity contribution < 1.29 is 33.3 Å². The highest BCUT2D eigenvalue weighted by Gasteiger charge is 2.47. The molecule has 2 N–H and O–H groups in total. The molecule has 1 aliphatic rings. The SMILES string of the molecule is COC1C(CO[Si](C)(C)C(C)(C)C)OC(n2cnc3c(OC(=O)N(c4ccccc4)c4ccccc4)nc(NC(=O)C(C)C)nc32)C1O. The van der Waals surface area contributed by atoms with Crippen LogP contribution < -0.4 is 15.0 Å². The molecule has 0 saturated carbocycles. The molecule has 3 heterocycles. The van der Waals surface area contributed by atoms with E-state index in [-0.39, 0.29) is 46.5 Å². The van der Waals surface area contributed by atoms with Crippen LogP contribution in [0.2, 0.25) is 18.1 Å². The smallest absolute Gasteiger partial charge is 0.414 e. The molecule has 14 heteroatoms. The van der Waals surface area contributed by atoms with E-state index in [1.807, 2.05) is 36.4 Å². The predicted molar refractivity (Wildman–Crippen MR) is 184 cm³/mol. The van der Waals surface area contributed by atoms with Crippen LogP contribution in [0, 0.1) is 5.92 Å². The second-order valence-electron chi connectivity index (χ2n) is 13.5. The Bertz CT molecular complexity index is 1690. The van der Waals surface area contributed by atoms with Crippen LogP contribution in [0.1, 0.15) is 40.8 Å². The van der Waals surface area contributed by atoms with Crippen LogP contribution in [-0.2, 0) is 18.7 Å². The molecule has 13 nitrogen and oxygen atoms in total. The van der Waals surface area contributed by atoms with Gasteiger partial charge in [0.05, 0.1) is 24.3 Å².